The van der Waals surface area contributed by atoms with Crippen molar-refractivity contribution in [1.29, 1.82) is 0 Å². The molecule has 0 radical (unpaired) electrons. The molecule has 3 N–H and O–H groups in total. The molecule has 0 aliphatic heterocycles. The molecule has 3 nitrogen and oxygen atoms in total. The molecule has 0 fully saturated rings. The minimum Gasteiger partial charge on any atom is -0.394 e. The van der Waals surface area contributed by atoms with Gasteiger partial charge in [0.05, 0.1) is 20.0 Å². The first kappa shape index (κ1) is 1.43. The Balaban J connectivity index is 4.75. The van der Waals surface area contributed by atoms with E-state index in [0.717, 1.165) is 0 Å². The van der Waals surface area contributed by atoms with Crippen molar-refractivity contribution in [2.45, 2.75) is 6.08 Å². The van der Waals surface area contributed by atoms with E-state index in [2.05, 4.69) is 0 Å². The molecule has 0 aliphatic rings. The highest BCUT2D eigenvalue weighted by Crippen LogP contribution is 1.71. The molecule has 0 aromatic rings. The molecule has 0 aromatic heterocycles. The summed E-state index contributed by atoms with van der Waals surface area (Å²) in [5.74, 6) is 0. The highest BCUT2D eigenvalue weighted by atomic mass is 16.3. The zero-order valence-corrected chi connectivity index (χ0v) is 2.84. The maximum absolute atomic E-state index is 8.60. The third-order valence-corrected chi connectivity index (χ3v) is 0.212. The molecule has 0 spiro atoms. The Kier molecular flexibility index (Phi) is 0.738. The summed E-state index contributed by atoms with van der Waals surface area (Å²) in [6.07, 6.45) is -3.60. The van der Waals surface area contributed by atoms with Gasteiger partial charge in [-0.2, -0.15) is 0 Å². The summed E-state index contributed by atoms with van der Waals surface area (Å²) in [5.41, 5.74) is 0. The van der Waals surface area contributed by atoms with E-state index in [4.69, 9.17) is 22.2 Å². The molecule has 0 atom stereocenters. The quantitative estimate of drug-likeness (QED) is 0.391. The van der Waals surface area contributed by atoms with E-state index in [1.165, 1.54) is 0 Å². The van der Waals surface area contributed by atoms with Gasteiger partial charge in [-0.3, -0.25) is 0 Å². The van der Waals surface area contributed by atoms with Gasteiger partial charge in [0.2, 0.25) is 0 Å². The van der Waals surface area contributed by atoms with E-state index in [1.54, 1.807) is 0 Å². The van der Waals surface area contributed by atoms with E-state index in [0.29, 0.717) is 0 Å². The van der Waals surface area contributed by atoms with Gasteiger partial charge in [0.1, 0.15) is 6.08 Å². The molecular formula is C3H8O3. The lowest BCUT2D eigenvalue weighted by Gasteiger charge is -1.96. The fourth-order valence-electron chi connectivity index (χ4n) is 0.0250. The molecule has 0 saturated heterocycles. The Labute approximate surface area is 42.9 Å². The van der Waals surface area contributed by atoms with Crippen molar-refractivity contribution in [2.75, 3.05) is 13.1 Å². The van der Waals surface area contributed by atoms with Crippen molar-refractivity contribution in [3.63, 3.8) is 0 Å². The summed E-state index contributed by atoms with van der Waals surface area (Å²) in [5, 5.41) is 25.4. The summed E-state index contributed by atoms with van der Waals surface area (Å²) in [4.78, 5) is 0. The zero-order chi connectivity index (χ0) is 9.50. The summed E-state index contributed by atoms with van der Waals surface area (Å²) < 4.78 is 32.0. The Bertz CT molecular complexity index is 128. The van der Waals surface area contributed by atoms with Gasteiger partial charge in [-0.15, -0.1) is 0 Å². The largest absolute Gasteiger partial charge is 0.394 e. The number of hydrogen-bond donors (Lipinski definition) is 3. The van der Waals surface area contributed by atoms with Crippen LogP contribution in [0.3, 0.4) is 0 Å². The van der Waals surface area contributed by atoms with E-state index < -0.39 is 19.2 Å². The Hall–Kier alpha value is -0.120. The van der Waals surface area contributed by atoms with Gasteiger partial charge in [0.15, 0.2) is 0 Å². The third-order valence-electron chi connectivity index (χ3n) is 0.212. The molecule has 0 rings (SSSR count). The van der Waals surface area contributed by atoms with Gasteiger partial charge in [-0.05, 0) is 0 Å². The molecule has 0 unspecified atom stereocenters. The Morgan fingerprint density at radius 1 is 1.67 bits per heavy atom. The average molecular weight is 102 g/mol. The van der Waals surface area contributed by atoms with Crippen LogP contribution in [0.25, 0.3) is 0 Å². The number of aliphatic hydroxyl groups is 3. The summed E-state index contributed by atoms with van der Waals surface area (Å²) in [6, 6.07) is 0. The second-order valence-electron chi connectivity index (χ2n) is 0.572. The SMILES string of the molecule is [3H]C([3H])(O)C([3H])(O)C([3H])([3H])O. The van der Waals surface area contributed by atoms with E-state index in [9.17, 15) is 0 Å². The van der Waals surface area contributed by atoms with Crippen molar-refractivity contribution in [1.82, 2.24) is 0 Å². The normalized spacial score (nSPS) is 28.8. The minimum absolute atomic E-state index is 3.52. The lowest BCUT2D eigenvalue weighted by molar-refractivity contribution is 0.0450. The molecule has 0 heterocycles. The molecule has 0 aromatic carbocycles. The molecule has 0 aliphatic carbocycles. The van der Waals surface area contributed by atoms with Crippen LogP contribution >= 0.6 is 0 Å². The fraction of sp³-hybridized carbons (Fsp3) is 1.00. The van der Waals surface area contributed by atoms with E-state index in [1.807, 2.05) is 0 Å². The van der Waals surface area contributed by atoms with Gasteiger partial charge >= 0.3 is 0 Å². The van der Waals surface area contributed by atoms with Crippen molar-refractivity contribution in [3.8, 4) is 0 Å². The fourth-order valence-corrected chi connectivity index (χ4v) is 0.0250. The van der Waals surface area contributed by atoms with Crippen LogP contribution in [0, 0.1) is 0 Å². The summed E-state index contributed by atoms with van der Waals surface area (Å²) in [6.45, 7) is -7.05. The molecule has 38 valence electrons. The van der Waals surface area contributed by atoms with Crippen LogP contribution in [0.4, 0.5) is 0 Å². The van der Waals surface area contributed by atoms with E-state index >= 15 is 0 Å². The monoisotopic (exact) mass is 102 g/mol. The van der Waals surface area contributed by atoms with Gasteiger partial charge in [0.25, 0.3) is 0 Å². The maximum Gasteiger partial charge on any atom is 0.100 e. The Morgan fingerprint density at radius 2 is 2.00 bits per heavy atom. The van der Waals surface area contributed by atoms with Crippen LogP contribution in [-0.2, 0) is 0 Å². The maximum atomic E-state index is 8.60. The molecule has 0 bridgehead atoms. The number of hydrogen-bond acceptors (Lipinski definition) is 3. The van der Waals surface area contributed by atoms with Gasteiger partial charge in [-0.25, -0.2) is 0 Å². The first-order chi connectivity index (χ1) is 4.50. The van der Waals surface area contributed by atoms with Crippen LogP contribution in [0.2, 0.25) is 0 Å². The highest BCUT2D eigenvalue weighted by Gasteiger charge is 1.93. The van der Waals surface area contributed by atoms with Gasteiger partial charge < -0.3 is 15.3 Å². The highest BCUT2D eigenvalue weighted by molar-refractivity contribution is 4.43. The standard InChI is InChI=1S/C3H8O3/c4-1-3(6)2-5/h3-6H,1-2H2/i1T2,2T2,3T. The van der Waals surface area contributed by atoms with Crippen molar-refractivity contribution >= 4 is 0 Å². The number of rotatable bonds is 2. The molecule has 3 heteroatoms. The van der Waals surface area contributed by atoms with Crippen molar-refractivity contribution < 1.29 is 22.2 Å². The predicted octanol–water partition coefficient (Wildman–Crippen LogP) is -1.67. The average Bonchev–Trinajstić information content (AvgIpc) is 1.58. The van der Waals surface area contributed by atoms with Crippen LogP contribution in [-0.4, -0.2) is 34.5 Å². The first-order valence-corrected chi connectivity index (χ1v) is 1.17. The van der Waals surface area contributed by atoms with Crippen LogP contribution < -0.4 is 0 Å². The van der Waals surface area contributed by atoms with Gasteiger partial charge in [0, 0.05) is 0 Å². The molecule has 0 saturated carbocycles. The molecule has 6 heavy (non-hydrogen) atoms. The molecule has 0 amide bonds. The lowest BCUT2D eigenvalue weighted by atomic mass is 10.4. The lowest BCUT2D eigenvalue weighted by Crippen LogP contribution is -2.15. The van der Waals surface area contributed by atoms with Crippen molar-refractivity contribution in [3.05, 3.63) is 0 Å². The minimum atomic E-state index is -3.60. The summed E-state index contributed by atoms with van der Waals surface area (Å²) >= 11 is 0. The second-order valence-corrected chi connectivity index (χ2v) is 0.572. The zero-order valence-electron chi connectivity index (χ0n) is 7.84. The predicted molar refractivity (Wildman–Crippen MR) is 20.2 cm³/mol. The van der Waals surface area contributed by atoms with E-state index in [-0.39, 0.29) is 0 Å². The topological polar surface area (TPSA) is 60.7 Å². The molecular weight excluding hydrogens is 84.0 g/mol. The van der Waals surface area contributed by atoms with Crippen LogP contribution in [0.15, 0.2) is 0 Å². The Morgan fingerprint density at radius 3 is 2.00 bits per heavy atom. The van der Waals surface area contributed by atoms with Crippen molar-refractivity contribution in [2.24, 2.45) is 0 Å². The van der Waals surface area contributed by atoms with Crippen LogP contribution in [0.5, 0.6) is 0 Å². The second kappa shape index (κ2) is 3.08. The van der Waals surface area contributed by atoms with Gasteiger partial charge in [-0.1, -0.05) is 0 Å². The smallest absolute Gasteiger partial charge is 0.100 e. The summed E-state index contributed by atoms with van der Waals surface area (Å²) in [7, 11) is 0. The van der Waals surface area contributed by atoms with Crippen LogP contribution in [0.1, 0.15) is 6.85 Å². The third kappa shape index (κ3) is 2.14. The first-order valence-electron chi connectivity index (χ1n) is 3.67.